The molecule has 0 saturated carbocycles. The van der Waals surface area contributed by atoms with E-state index in [2.05, 4.69) is 5.32 Å². The van der Waals surface area contributed by atoms with Crippen molar-refractivity contribution in [2.45, 2.75) is 0 Å². The Hall–Kier alpha value is -2.50. The Balaban J connectivity index is 2.22. The normalized spacial score (nSPS) is 17.1. The molecule has 6 nitrogen and oxygen atoms in total. The molecule has 6 heteroatoms. The van der Waals surface area contributed by atoms with Crippen LogP contribution in [0.15, 0.2) is 39.3 Å². The number of fused-ring (bicyclic) bond motifs is 2. The molecule has 0 saturated heterocycles. The summed E-state index contributed by atoms with van der Waals surface area (Å²) in [5.41, 5.74) is -0.765. The van der Waals surface area contributed by atoms with Crippen LogP contribution in [0.5, 0.6) is 5.75 Å². The van der Waals surface area contributed by atoms with Gasteiger partial charge in [0.25, 0.3) is 5.91 Å². The van der Waals surface area contributed by atoms with Crippen LogP contribution in [0.25, 0.3) is 0 Å². The fraction of sp³-hybridized carbons (Fsp3) is 0. The molecule has 0 spiro atoms. The van der Waals surface area contributed by atoms with E-state index in [1.165, 1.54) is 4.90 Å². The zero-order valence-electron chi connectivity index (χ0n) is 8.51. The van der Waals surface area contributed by atoms with E-state index in [4.69, 9.17) is 4.42 Å². The maximum absolute atomic E-state index is 12.0. The van der Waals surface area contributed by atoms with Crippen LogP contribution < -0.4 is 10.9 Å². The second-order valence-corrected chi connectivity index (χ2v) is 3.54. The lowest BCUT2D eigenvalue weighted by molar-refractivity contribution is 0.0832. The molecule has 2 N–H and O–H groups in total. The van der Waals surface area contributed by atoms with Crippen molar-refractivity contribution in [1.82, 2.24) is 4.90 Å². The van der Waals surface area contributed by atoms with Gasteiger partial charge in [0.2, 0.25) is 5.88 Å². The van der Waals surface area contributed by atoms with Crippen LogP contribution >= 0.6 is 0 Å². The average Bonchev–Trinajstić information content (AvgIpc) is 2.28. The molecule has 3 rings (SSSR count). The fourth-order valence-corrected chi connectivity index (χ4v) is 1.73. The highest BCUT2D eigenvalue weighted by Gasteiger charge is 2.33. The van der Waals surface area contributed by atoms with E-state index in [0.717, 1.165) is 6.07 Å². The maximum atomic E-state index is 12.0. The van der Waals surface area contributed by atoms with Crippen molar-refractivity contribution in [3.63, 3.8) is 0 Å². The second-order valence-electron chi connectivity index (χ2n) is 3.54. The van der Waals surface area contributed by atoms with E-state index in [1.807, 2.05) is 0 Å². The van der Waals surface area contributed by atoms with Gasteiger partial charge in [-0.1, -0.05) is 12.2 Å². The third-order valence-electron chi connectivity index (χ3n) is 2.47. The second kappa shape index (κ2) is 3.24. The number of carbonyl (C=O) groups is 1. The minimum Gasteiger partial charge on any atom is -0.507 e. The van der Waals surface area contributed by atoms with Gasteiger partial charge in [0, 0.05) is 0 Å². The number of nitrogens with one attached hydrogen (secondary N) is 1. The van der Waals surface area contributed by atoms with Crippen molar-refractivity contribution in [2.24, 2.45) is 0 Å². The van der Waals surface area contributed by atoms with Crippen molar-refractivity contribution in [2.75, 3.05) is 5.32 Å². The molecule has 0 aromatic carbocycles. The summed E-state index contributed by atoms with van der Waals surface area (Å²) < 4.78 is 4.85. The van der Waals surface area contributed by atoms with Crippen LogP contribution in [0.2, 0.25) is 0 Å². The molecule has 3 heterocycles. The number of hydrogen-bond donors (Lipinski definition) is 2. The number of amides is 1. The quantitative estimate of drug-likeness (QED) is 0.689. The smallest absolute Gasteiger partial charge is 0.341 e. The Kier molecular flexibility index (Phi) is 1.85. The molecule has 0 aliphatic carbocycles. The van der Waals surface area contributed by atoms with Gasteiger partial charge in [-0.2, -0.15) is 0 Å². The van der Waals surface area contributed by atoms with Crippen molar-refractivity contribution in [3.8, 4) is 5.75 Å². The van der Waals surface area contributed by atoms with E-state index < -0.39 is 17.3 Å². The van der Waals surface area contributed by atoms with Crippen LogP contribution in [-0.4, -0.2) is 15.9 Å². The topological polar surface area (TPSA) is 82.8 Å². The van der Waals surface area contributed by atoms with E-state index in [1.54, 1.807) is 24.8 Å². The summed E-state index contributed by atoms with van der Waals surface area (Å²) in [6.07, 6.45) is 5.08. The summed E-state index contributed by atoms with van der Waals surface area (Å²) >= 11 is 0. The molecule has 1 radical (unpaired) electrons. The number of anilines is 1. The fourth-order valence-electron chi connectivity index (χ4n) is 1.73. The molecule has 0 atom stereocenters. The van der Waals surface area contributed by atoms with Gasteiger partial charge >= 0.3 is 5.63 Å². The largest absolute Gasteiger partial charge is 0.507 e. The Morgan fingerprint density at radius 3 is 2.94 bits per heavy atom. The highest BCUT2D eigenvalue weighted by molar-refractivity contribution is 6.04. The van der Waals surface area contributed by atoms with Gasteiger partial charge in [0.15, 0.2) is 0 Å². The molecule has 0 unspecified atom stereocenters. The van der Waals surface area contributed by atoms with E-state index in [9.17, 15) is 14.7 Å². The predicted octanol–water partition coefficient (Wildman–Crippen LogP) is 0.786. The van der Waals surface area contributed by atoms with Crippen molar-refractivity contribution >= 4 is 11.8 Å². The number of allylic oxidation sites excluding steroid dienone is 2. The molecular weight excluding hydrogens is 224 g/mol. The number of aromatic hydroxyl groups is 1. The Morgan fingerprint density at radius 1 is 1.29 bits per heavy atom. The molecule has 0 bridgehead atoms. The van der Waals surface area contributed by atoms with Crippen LogP contribution in [0.3, 0.4) is 0 Å². The number of hydrogen-bond acceptors (Lipinski definition) is 5. The minimum atomic E-state index is -0.717. The lowest BCUT2D eigenvalue weighted by atomic mass is 10.1. The van der Waals surface area contributed by atoms with Gasteiger partial charge in [0.05, 0.1) is 12.6 Å². The first-order valence-corrected chi connectivity index (χ1v) is 4.86. The monoisotopic (exact) mass is 231 g/mol. The molecule has 1 aromatic heterocycles. The van der Waals surface area contributed by atoms with Gasteiger partial charge in [-0.3, -0.25) is 9.69 Å². The summed E-state index contributed by atoms with van der Waals surface area (Å²) in [4.78, 5) is 24.5. The maximum Gasteiger partial charge on any atom is 0.341 e. The van der Waals surface area contributed by atoms with Crippen molar-refractivity contribution in [3.05, 3.63) is 52.6 Å². The van der Waals surface area contributed by atoms with E-state index in [-0.39, 0.29) is 11.4 Å². The third-order valence-corrected chi connectivity index (χ3v) is 2.47. The summed E-state index contributed by atoms with van der Waals surface area (Å²) in [5.74, 6) is -0.406. The zero-order valence-corrected chi connectivity index (χ0v) is 8.51. The lowest BCUT2D eigenvalue weighted by Gasteiger charge is -2.30. The number of carbonyl (C=O) groups excluding carboxylic acids is 1. The van der Waals surface area contributed by atoms with Crippen LogP contribution in [0, 0.1) is 6.54 Å². The van der Waals surface area contributed by atoms with E-state index in [0.29, 0.717) is 5.82 Å². The number of nitrogens with zero attached hydrogens (tertiary/aromatic N) is 1. The first-order valence-electron chi connectivity index (χ1n) is 4.86. The van der Waals surface area contributed by atoms with E-state index >= 15 is 0 Å². The van der Waals surface area contributed by atoms with Crippen LogP contribution in [-0.2, 0) is 0 Å². The van der Waals surface area contributed by atoms with Crippen molar-refractivity contribution < 1.29 is 14.3 Å². The predicted molar refractivity (Wildman–Crippen MR) is 58.0 cm³/mol. The minimum absolute atomic E-state index is 0.0359. The molecule has 0 fully saturated rings. The van der Waals surface area contributed by atoms with Gasteiger partial charge in [0.1, 0.15) is 17.1 Å². The highest BCUT2D eigenvalue weighted by Crippen LogP contribution is 2.33. The first kappa shape index (κ1) is 9.71. The Morgan fingerprint density at radius 2 is 2.12 bits per heavy atom. The summed E-state index contributed by atoms with van der Waals surface area (Å²) in [6, 6.07) is 0.868. The summed E-state index contributed by atoms with van der Waals surface area (Å²) in [7, 11) is 0. The van der Waals surface area contributed by atoms with Crippen molar-refractivity contribution in [1.29, 1.82) is 0 Å². The third kappa shape index (κ3) is 1.34. The lowest BCUT2D eigenvalue weighted by Crippen LogP contribution is -2.37. The van der Waals surface area contributed by atoms with Crippen LogP contribution in [0.4, 0.5) is 5.88 Å². The molecule has 2 aliphatic rings. The highest BCUT2D eigenvalue weighted by atomic mass is 16.4. The average molecular weight is 231 g/mol. The molecule has 17 heavy (non-hydrogen) atoms. The first-order chi connectivity index (χ1) is 8.16. The SMILES string of the molecule is O=C1c2c(O)cc(=O)oc2NC2=CC=C[CH]N12. The summed E-state index contributed by atoms with van der Waals surface area (Å²) in [6.45, 7) is 1.55. The Labute approximate surface area is 95.5 Å². The molecule has 2 aliphatic heterocycles. The van der Waals surface area contributed by atoms with Gasteiger partial charge < -0.3 is 14.8 Å². The Bertz CT molecular complexity index is 627. The molecule has 85 valence electrons. The zero-order chi connectivity index (χ0) is 12.0. The molecular formula is C11H7N2O4. The summed E-state index contributed by atoms with van der Waals surface area (Å²) in [5, 5.41) is 12.4. The van der Waals surface area contributed by atoms with Crippen LogP contribution in [0.1, 0.15) is 10.4 Å². The van der Waals surface area contributed by atoms with Gasteiger partial charge in [-0.15, -0.1) is 0 Å². The molecule has 1 aromatic rings. The standard InChI is InChI=1S/C11H7N2O4/c14-6-5-8(15)17-10-9(6)11(16)13-4-2-1-3-7(13)12-10/h1-5,12,14H. The molecule has 1 amide bonds. The van der Waals surface area contributed by atoms with Gasteiger partial charge in [-0.25, -0.2) is 4.79 Å². The van der Waals surface area contributed by atoms with Gasteiger partial charge in [-0.05, 0) is 6.08 Å². The number of rotatable bonds is 0.